The Kier molecular flexibility index (Phi) is 17.6. The van der Waals surface area contributed by atoms with E-state index < -0.39 is 37.0 Å². The molecule has 9 nitrogen and oxygen atoms in total. The predicted octanol–water partition coefficient (Wildman–Crippen LogP) is -5.14. The third kappa shape index (κ3) is 7.15. The van der Waals surface area contributed by atoms with Crippen molar-refractivity contribution in [2.45, 2.75) is 24.4 Å². The van der Waals surface area contributed by atoms with Crippen molar-refractivity contribution in [2.75, 3.05) is 6.61 Å². The van der Waals surface area contributed by atoms with Crippen LogP contribution >= 0.6 is 0 Å². The largest absolute Gasteiger partial charge is 0.479 e. The number of hydrogen-bond donors (Lipinski definition) is 6. The van der Waals surface area contributed by atoms with Gasteiger partial charge in [-0.2, -0.15) is 0 Å². The first-order valence-electron chi connectivity index (χ1n) is 3.47. The molecule has 16 heavy (non-hydrogen) atoms. The molecule has 4 atom stereocenters. The van der Waals surface area contributed by atoms with E-state index in [-0.39, 0.29) is 30.4 Å². The van der Waals surface area contributed by atoms with Crippen LogP contribution in [0.3, 0.4) is 0 Å². The second-order valence-corrected chi connectivity index (χ2v) is 2.51. The molecule has 0 radical (unpaired) electrons. The fraction of sp³-hybridized carbons (Fsp3) is 0.833. The predicted molar refractivity (Wildman–Crippen MR) is 46.0 cm³/mol. The summed E-state index contributed by atoms with van der Waals surface area (Å²) < 4.78 is 0. The first-order valence-corrected chi connectivity index (χ1v) is 3.47. The Morgan fingerprint density at radius 1 is 1.00 bits per heavy atom. The van der Waals surface area contributed by atoms with Gasteiger partial charge in [-0.05, 0) is 0 Å². The fourth-order valence-corrected chi connectivity index (χ4v) is 0.668. The number of rotatable bonds is 5. The van der Waals surface area contributed by atoms with Crippen LogP contribution in [0.25, 0.3) is 0 Å². The number of aliphatic hydroxyl groups excluding tert-OH is 5. The van der Waals surface area contributed by atoms with Crippen LogP contribution in [0.1, 0.15) is 0 Å². The molecule has 0 saturated heterocycles. The molecule has 10 heteroatoms. The zero-order chi connectivity index (χ0) is 10.6. The minimum Gasteiger partial charge on any atom is -0.479 e. The zero-order valence-electron chi connectivity index (χ0n) is 8.32. The Labute approximate surface area is 103 Å². The summed E-state index contributed by atoms with van der Waals surface area (Å²) in [7, 11) is 0. The van der Waals surface area contributed by atoms with Crippen LogP contribution in [0.4, 0.5) is 0 Å². The number of carbonyl (C=O) groups is 1. The monoisotopic (exact) mass is 296 g/mol. The quantitative estimate of drug-likeness (QED) is 0.272. The van der Waals surface area contributed by atoms with Crippen molar-refractivity contribution in [1.82, 2.24) is 0 Å². The van der Waals surface area contributed by atoms with E-state index in [0.717, 1.165) is 0 Å². The average molecular weight is 298 g/mol. The van der Waals surface area contributed by atoms with Crippen LogP contribution in [0.2, 0.25) is 0 Å². The molecule has 0 fully saturated rings. The Balaban J connectivity index is -0.000000240. The van der Waals surface area contributed by atoms with Gasteiger partial charge in [0.05, 0.1) is 6.61 Å². The van der Waals surface area contributed by atoms with Crippen LogP contribution < -0.4 is 0 Å². The van der Waals surface area contributed by atoms with Gasteiger partial charge in [-0.15, -0.1) is 0 Å². The molecule has 10 N–H and O–H groups in total. The summed E-state index contributed by atoms with van der Waals surface area (Å²) in [4.78, 5) is 10.1. The molecule has 0 heterocycles. The molecular weight excluding hydrogens is 281 g/mol. The summed E-state index contributed by atoms with van der Waals surface area (Å²) in [6.45, 7) is -0.843. The first kappa shape index (κ1) is 24.9. The maximum absolute atomic E-state index is 10.1. The van der Waals surface area contributed by atoms with Gasteiger partial charge in [0, 0.05) is 19.5 Å². The van der Waals surface area contributed by atoms with Gasteiger partial charge < -0.3 is 41.6 Å². The molecule has 0 aromatic rings. The van der Waals surface area contributed by atoms with Crippen LogP contribution in [0.15, 0.2) is 0 Å². The number of hydrogen-bond acceptors (Lipinski definition) is 6. The zero-order valence-corrected chi connectivity index (χ0v) is 11.3. The number of aliphatic hydroxyl groups is 5. The third-order valence-corrected chi connectivity index (χ3v) is 1.51. The van der Waals surface area contributed by atoms with Crippen LogP contribution in [-0.4, -0.2) is 78.6 Å². The van der Waals surface area contributed by atoms with E-state index in [1.165, 1.54) is 0 Å². The van der Waals surface area contributed by atoms with Gasteiger partial charge in [-0.3, -0.25) is 0 Å². The summed E-state index contributed by atoms with van der Waals surface area (Å²) in [5.41, 5.74) is 0. The van der Waals surface area contributed by atoms with Crippen molar-refractivity contribution < 1.29 is 65.9 Å². The van der Waals surface area contributed by atoms with Crippen molar-refractivity contribution in [2.24, 2.45) is 0 Å². The molecule has 96 valence electrons. The second kappa shape index (κ2) is 11.3. The maximum atomic E-state index is 10.1. The third-order valence-electron chi connectivity index (χ3n) is 1.51. The van der Waals surface area contributed by atoms with Gasteiger partial charge in [0.15, 0.2) is 6.10 Å². The van der Waals surface area contributed by atoms with E-state index in [9.17, 15) is 4.79 Å². The minimum atomic E-state index is -2.20. The molecule has 0 amide bonds. The van der Waals surface area contributed by atoms with Gasteiger partial charge in [-0.25, -0.2) is 4.79 Å². The molecule has 0 aliphatic heterocycles. The Morgan fingerprint density at radius 2 is 1.38 bits per heavy atom. The van der Waals surface area contributed by atoms with E-state index in [4.69, 9.17) is 30.6 Å². The number of carboxylic acid groups (broad SMARTS) is 1. The summed E-state index contributed by atoms with van der Waals surface area (Å²) >= 11 is 0. The van der Waals surface area contributed by atoms with Gasteiger partial charge in [0.25, 0.3) is 0 Å². The van der Waals surface area contributed by atoms with E-state index in [1.54, 1.807) is 0 Å². The van der Waals surface area contributed by atoms with Crippen molar-refractivity contribution in [3.8, 4) is 0 Å². The van der Waals surface area contributed by atoms with E-state index in [0.29, 0.717) is 0 Å². The molecule has 0 aliphatic carbocycles. The molecule has 0 aliphatic rings. The topological polar surface area (TPSA) is 201 Å². The summed E-state index contributed by atoms with van der Waals surface area (Å²) in [5, 5.41) is 51.8. The average Bonchev–Trinajstić information content (AvgIpc) is 2.12. The molecule has 0 unspecified atom stereocenters. The van der Waals surface area contributed by atoms with Gasteiger partial charge in [-0.1, -0.05) is 0 Å². The molecule has 0 aromatic heterocycles. The Hall–Kier alpha value is -0.187. The molecule has 0 rings (SSSR count). The molecule has 0 bridgehead atoms. The summed E-state index contributed by atoms with van der Waals surface area (Å²) in [6.07, 6.45) is -7.84. The molecule has 0 saturated carbocycles. The first-order chi connectivity index (χ1) is 5.91. The SMILES string of the molecule is O.O.O=C(O)[C@H](O)[C@@H](O)[C@H](O)[C@H](O)CO.[Zn]. The smallest absolute Gasteiger partial charge is 0.335 e. The van der Waals surface area contributed by atoms with Crippen molar-refractivity contribution in [1.29, 1.82) is 0 Å². The standard InChI is InChI=1S/C6H12O7.2H2O.Zn/c7-1-2(8)3(9)4(10)5(11)6(12)13;;;/h2-5,7-11H,1H2,(H,12,13);2*1H2;/t2-,3-,4+,5-;;;/m1.../s1. The minimum absolute atomic E-state index is 0. The maximum Gasteiger partial charge on any atom is 0.335 e. The van der Waals surface area contributed by atoms with Crippen molar-refractivity contribution in [3.05, 3.63) is 0 Å². The van der Waals surface area contributed by atoms with Crippen LogP contribution in [0, 0.1) is 0 Å². The van der Waals surface area contributed by atoms with E-state index >= 15 is 0 Å². The second-order valence-electron chi connectivity index (χ2n) is 2.51. The Bertz CT molecular complexity index is 177. The molecule has 0 spiro atoms. The Morgan fingerprint density at radius 3 is 1.62 bits per heavy atom. The van der Waals surface area contributed by atoms with Gasteiger partial charge in [0.1, 0.15) is 18.3 Å². The van der Waals surface area contributed by atoms with Crippen LogP contribution in [-0.2, 0) is 24.3 Å². The van der Waals surface area contributed by atoms with Crippen molar-refractivity contribution in [3.63, 3.8) is 0 Å². The van der Waals surface area contributed by atoms with Crippen molar-refractivity contribution >= 4 is 5.97 Å². The fourth-order valence-electron chi connectivity index (χ4n) is 0.668. The number of carboxylic acids is 1. The molecule has 0 aromatic carbocycles. The van der Waals surface area contributed by atoms with E-state index in [2.05, 4.69) is 0 Å². The van der Waals surface area contributed by atoms with Crippen LogP contribution in [0.5, 0.6) is 0 Å². The number of aliphatic carboxylic acids is 1. The van der Waals surface area contributed by atoms with Gasteiger partial charge in [0.2, 0.25) is 0 Å². The summed E-state index contributed by atoms with van der Waals surface area (Å²) in [6, 6.07) is 0. The van der Waals surface area contributed by atoms with E-state index in [1.807, 2.05) is 0 Å². The molecular formula is C6H16O9Zn. The summed E-state index contributed by atoms with van der Waals surface area (Å²) in [5.74, 6) is -1.73. The van der Waals surface area contributed by atoms with Gasteiger partial charge >= 0.3 is 5.97 Å². The normalized spacial score (nSPS) is 16.6.